The van der Waals surface area contributed by atoms with E-state index in [1.165, 1.54) is 0 Å². The fourth-order valence-corrected chi connectivity index (χ4v) is 5.25. The largest absolute Gasteiger partial charge is 0.356 e. The van der Waals surface area contributed by atoms with Gasteiger partial charge in [0.25, 0.3) is 0 Å². The SMILES string of the molecule is CC(C)c1ccc(S(=O)(=O)N2CCCN(Cc3noc4ccccc34)CC2)cc1. The maximum atomic E-state index is 13.1. The monoisotopic (exact) mass is 413 g/mol. The van der Waals surface area contributed by atoms with Gasteiger partial charge in [-0.2, -0.15) is 4.31 Å². The van der Waals surface area contributed by atoms with E-state index in [1.54, 1.807) is 16.4 Å². The van der Waals surface area contributed by atoms with Crippen LogP contribution in [0.3, 0.4) is 0 Å². The summed E-state index contributed by atoms with van der Waals surface area (Å²) in [5.74, 6) is 0.381. The molecule has 0 aliphatic carbocycles. The van der Waals surface area contributed by atoms with E-state index in [0.29, 0.717) is 37.0 Å². The number of nitrogens with zero attached hydrogens (tertiary/aromatic N) is 3. The zero-order chi connectivity index (χ0) is 20.4. The third-order valence-electron chi connectivity index (χ3n) is 5.56. The van der Waals surface area contributed by atoms with Crippen LogP contribution >= 0.6 is 0 Å². The fourth-order valence-electron chi connectivity index (χ4n) is 3.78. The van der Waals surface area contributed by atoms with Crippen molar-refractivity contribution in [1.82, 2.24) is 14.4 Å². The average molecular weight is 414 g/mol. The van der Waals surface area contributed by atoms with Gasteiger partial charge < -0.3 is 4.52 Å². The summed E-state index contributed by atoms with van der Waals surface area (Å²) in [5, 5.41) is 5.23. The maximum absolute atomic E-state index is 13.1. The van der Waals surface area contributed by atoms with Crippen molar-refractivity contribution < 1.29 is 12.9 Å². The van der Waals surface area contributed by atoms with Gasteiger partial charge in [0.2, 0.25) is 10.0 Å². The van der Waals surface area contributed by atoms with Crippen LogP contribution in [0.4, 0.5) is 0 Å². The molecule has 7 heteroatoms. The molecule has 2 heterocycles. The van der Waals surface area contributed by atoms with E-state index in [9.17, 15) is 8.42 Å². The van der Waals surface area contributed by atoms with E-state index in [1.807, 2.05) is 36.4 Å². The molecule has 3 aromatic rings. The summed E-state index contributed by atoms with van der Waals surface area (Å²) in [6.07, 6.45) is 0.791. The van der Waals surface area contributed by atoms with Crippen molar-refractivity contribution in [2.24, 2.45) is 0 Å². The Balaban J connectivity index is 1.45. The molecule has 4 rings (SSSR count). The average Bonchev–Trinajstić information content (AvgIpc) is 2.96. The number of hydrogen-bond acceptors (Lipinski definition) is 5. The molecule has 0 amide bonds. The zero-order valence-corrected chi connectivity index (χ0v) is 17.7. The molecule has 0 spiro atoms. The number of aromatic nitrogens is 1. The lowest BCUT2D eigenvalue weighted by Crippen LogP contribution is -2.35. The van der Waals surface area contributed by atoms with Gasteiger partial charge in [0.1, 0.15) is 5.69 Å². The standard InChI is InChI=1S/C22H27N3O3S/c1-17(2)18-8-10-19(11-9-18)29(26,27)25-13-5-12-24(14-15-25)16-21-20-6-3-4-7-22(20)28-23-21/h3-4,6-11,17H,5,12-16H2,1-2H3. The van der Waals surface area contributed by atoms with Gasteiger partial charge in [0.15, 0.2) is 5.58 Å². The van der Waals surface area contributed by atoms with Crippen LogP contribution in [-0.4, -0.2) is 49.0 Å². The smallest absolute Gasteiger partial charge is 0.243 e. The van der Waals surface area contributed by atoms with E-state index >= 15 is 0 Å². The van der Waals surface area contributed by atoms with Crippen LogP contribution in [0.2, 0.25) is 0 Å². The maximum Gasteiger partial charge on any atom is 0.243 e. The summed E-state index contributed by atoms with van der Waals surface area (Å²) in [6.45, 7) is 7.38. The highest BCUT2D eigenvalue weighted by Crippen LogP contribution is 2.23. The number of fused-ring (bicyclic) bond motifs is 1. The highest BCUT2D eigenvalue weighted by molar-refractivity contribution is 7.89. The van der Waals surface area contributed by atoms with Gasteiger partial charge in [-0.25, -0.2) is 8.42 Å². The third kappa shape index (κ3) is 4.22. The van der Waals surface area contributed by atoms with Gasteiger partial charge in [-0.1, -0.05) is 43.3 Å². The quantitative estimate of drug-likeness (QED) is 0.636. The second-order valence-corrected chi connectivity index (χ2v) is 9.82. The number of para-hydroxylation sites is 1. The minimum atomic E-state index is -3.48. The van der Waals surface area contributed by atoms with Crippen LogP contribution in [0.15, 0.2) is 57.9 Å². The molecule has 0 unspecified atom stereocenters. The minimum Gasteiger partial charge on any atom is -0.356 e. The first-order valence-corrected chi connectivity index (χ1v) is 11.5. The molecule has 2 aromatic carbocycles. The summed E-state index contributed by atoms with van der Waals surface area (Å²) in [6, 6.07) is 15.1. The van der Waals surface area contributed by atoms with Crippen LogP contribution in [0.1, 0.15) is 37.4 Å². The molecular weight excluding hydrogens is 386 g/mol. The highest BCUT2D eigenvalue weighted by Gasteiger charge is 2.27. The summed E-state index contributed by atoms with van der Waals surface area (Å²) >= 11 is 0. The lowest BCUT2D eigenvalue weighted by atomic mass is 10.0. The fraction of sp³-hybridized carbons (Fsp3) is 0.409. The Hall–Kier alpha value is -2.22. The van der Waals surface area contributed by atoms with Crippen LogP contribution < -0.4 is 0 Å². The second-order valence-electron chi connectivity index (χ2n) is 7.88. The lowest BCUT2D eigenvalue weighted by Gasteiger charge is -2.21. The molecule has 1 aromatic heterocycles. The first kappa shape index (κ1) is 20.1. The van der Waals surface area contributed by atoms with E-state index in [0.717, 1.165) is 35.2 Å². The molecular formula is C22H27N3O3S. The van der Waals surface area contributed by atoms with Crippen molar-refractivity contribution in [2.75, 3.05) is 26.2 Å². The van der Waals surface area contributed by atoms with E-state index in [4.69, 9.17) is 4.52 Å². The molecule has 6 nitrogen and oxygen atoms in total. The molecule has 0 atom stereocenters. The van der Waals surface area contributed by atoms with Gasteiger partial charge in [0, 0.05) is 31.6 Å². The molecule has 154 valence electrons. The molecule has 0 saturated carbocycles. The summed E-state index contributed by atoms with van der Waals surface area (Å²) < 4.78 is 33.2. The third-order valence-corrected chi connectivity index (χ3v) is 7.47. The highest BCUT2D eigenvalue weighted by atomic mass is 32.2. The predicted molar refractivity (Wildman–Crippen MR) is 113 cm³/mol. The number of benzene rings is 2. The van der Waals surface area contributed by atoms with E-state index in [-0.39, 0.29) is 0 Å². The van der Waals surface area contributed by atoms with Crippen molar-refractivity contribution >= 4 is 21.0 Å². The van der Waals surface area contributed by atoms with Crippen LogP contribution in [-0.2, 0) is 16.6 Å². The van der Waals surface area contributed by atoms with Crippen LogP contribution in [0.25, 0.3) is 11.0 Å². The van der Waals surface area contributed by atoms with Gasteiger partial charge >= 0.3 is 0 Å². The van der Waals surface area contributed by atoms with Gasteiger partial charge in [0.05, 0.1) is 4.90 Å². The lowest BCUT2D eigenvalue weighted by molar-refractivity contribution is 0.270. The second kappa shape index (κ2) is 8.26. The topological polar surface area (TPSA) is 66.7 Å². The van der Waals surface area contributed by atoms with E-state index in [2.05, 4.69) is 23.9 Å². The molecule has 1 aliphatic rings. The van der Waals surface area contributed by atoms with Gasteiger partial charge in [-0.15, -0.1) is 0 Å². The van der Waals surface area contributed by atoms with Gasteiger partial charge in [-0.3, -0.25) is 4.90 Å². The molecule has 0 radical (unpaired) electrons. The Bertz CT molecular complexity index is 1070. The Kier molecular flexibility index (Phi) is 5.72. The molecule has 0 bridgehead atoms. The Morgan fingerprint density at radius 3 is 2.52 bits per heavy atom. The summed E-state index contributed by atoms with van der Waals surface area (Å²) in [5.41, 5.74) is 2.83. The minimum absolute atomic E-state index is 0.373. The normalized spacial score (nSPS) is 17.1. The molecule has 0 N–H and O–H groups in total. The van der Waals surface area contributed by atoms with Crippen LogP contribution in [0.5, 0.6) is 0 Å². The Labute approximate surface area is 172 Å². The van der Waals surface area contributed by atoms with Gasteiger partial charge in [-0.05, 0) is 48.7 Å². The number of rotatable bonds is 5. The van der Waals surface area contributed by atoms with Crippen molar-refractivity contribution in [1.29, 1.82) is 0 Å². The summed E-state index contributed by atoms with van der Waals surface area (Å²) in [7, 11) is -3.48. The predicted octanol–water partition coefficient (Wildman–Crippen LogP) is 3.85. The first-order chi connectivity index (χ1) is 13.9. The zero-order valence-electron chi connectivity index (χ0n) is 16.9. The Morgan fingerprint density at radius 2 is 1.76 bits per heavy atom. The summed E-state index contributed by atoms with van der Waals surface area (Å²) in [4.78, 5) is 2.62. The molecule has 1 fully saturated rings. The molecule has 1 saturated heterocycles. The van der Waals surface area contributed by atoms with Crippen LogP contribution in [0, 0.1) is 0 Å². The molecule has 1 aliphatic heterocycles. The van der Waals surface area contributed by atoms with E-state index < -0.39 is 10.0 Å². The first-order valence-electron chi connectivity index (χ1n) is 10.1. The Morgan fingerprint density at radius 1 is 1.00 bits per heavy atom. The number of sulfonamides is 1. The van der Waals surface area contributed by atoms with Crippen molar-refractivity contribution in [2.45, 2.75) is 37.6 Å². The van der Waals surface area contributed by atoms with Crippen molar-refractivity contribution in [3.05, 3.63) is 59.8 Å². The van der Waals surface area contributed by atoms with Crippen molar-refractivity contribution in [3.63, 3.8) is 0 Å². The molecule has 29 heavy (non-hydrogen) atoms. The number of hydrogen-bond donors (Lipinski definition) is 0. The van der Waals surface area contributed by atoms with Crippen molar-refractivity contribution in [3.8, 4) is 0 Å².